The normalized spacial score (nSPS) is 14.1. The van der Waals surface area contributed by atoms with E-state index in [0.29, 0.717) is 11.5 Å². The quantitative estimate of drug-likeness (QED) is 0.532. The molecule has 0 heterocycles. The lowest BCUT2D eigenvalue weighted by atomic mass is 9.97. The monoisotopic (exact) mass is 277 g/mol. The number of hydrogen-bond acceptors (Lipinski definition) is 3. The first-order valence-electron chi connectivity index (χ1n) is 7.52. The van der Waals surface area contributed by atoms with Gasteiger partial charge in [0, 0.05) is 5.92 Å². The number of hydrogen-bond donors (Lipinski definition) is 0. The fourth-order valence-corrected chi connectivity index (χ4v) is 2.39. The molecule has 0 aliphatic rings. The Morgan fingerprint density at radius 3 is 2.35 bits per heavy atom. The predicted molar refractivity (Wildman–Crippen MR) is 82.6 cm³/mol. The van der Waals surface area contributed by atoms with Gasteiger partial charge in [-0.2, -0.15) is 0 Å². The van der Waals surface area contributed by atoms with Crippen molar-refractivity contribution in [2.75, 3.05) is 14.1 Å². The van der Waals surface area contributed by atoms with E-state index in [1.807, 2.05) is 37.2 Å². The highest BCUT2D eigenvalue weighted by Gasteiger charge is 2.26. The molecule has 112 valence electrons. The molecule has 2 unspecified atom stereocenters. The Balaban J connectivity index is 2.73. The predicted octanol–water partition coefficient (Wildman–Crippen LogP) is 3.95. The summed E-state index contributed by atoms with van der Waals surface area (Å²) in [4.78, 5) is 14.2. The smallest absolute Gasteiger partial charge is 0.339 e. The SMILES string of the molecule is CCCCC(CC)C(OC(=O)c1ccccc1)N(C)C. The molecule has 0 aliphatic carbocycles. The summed E-state index contributed by atoms with van der Waals surface area (Å²) in [6.45, 7) is 4.35. The van der Waals surface area contributed by atoms with Gasteiger partial charge in [-0.05, 0) is 39.1 Å². The van der Waals surface area contributed by atoms with E-state index in [1.165, 1.54) is 12.8 Å². The van der Waals surface area contributed by atoms with Gasteiger partial charge in [0.05, 0.1) is 5.56 Å². The number of carbonyl (C=O) groups excluding carboxylic acids is 1. The number of rotatable bonds is 8. The molecule has 1 aromatic carbocycles. The summed E-state index contributed by atoms with van der Waals surface area (Å²) < 4.78 is 5.74. The first-order valence-corrected chi connectivity index (χ1v) is 7.52. The van der Waals surface area contributed by atoms with Crippen molar-refractivity contribution in [3.05, 3.63) is 35.9 Å². The van der Waals surface area contributed by atoms with E-state index in [0.717, 1.165) is 12.8 Å². The first kappa shape index (κ1) is 16.7. The molecule has 0 saturated heterocycles. The Hall–Kier alpha value is -1.35. The van der Waals surface area contributed by atoms with Crippen LogP contribution in [0.1, 0.15) is 49.9 Å². The van der Waals surface area contributed by atoms with E-state index >= 15 is 0 Å². The molecule has 0 fully saturated rings. The Kier molecular flexibility index (Phi) is 7.31. The number of unbranched alkanes of at least 4 members (excludes halogenated alkanes) is 1. The van der Waals surface area contributed by atoms with Crippen molar-refractivity contribution in [2.45, 2.75) is 45.8 Å². The van der Waals surface area contributed by atoms with E-state index in [2.05, 4.69) is 13.8 Å². The van der Waals surface area contributed by atoms with Crippen molar-refractivity contribution in [1.29, 1.82) is 0 Å². The number of ether oxygens (including phenoxy) is 1. The minimum absolute atomic E-state index is 0.153. The second-order valence-electron chi connectivity index (χ2n) is 5.44. The maximum atomic E-state index is 12.2. The lowest BCUT2D eigenvalue weighted by molar-refractivity contribution is -0.0464. The van der Waals surface area contributed by atoms with Crippen molar-refractivity contribution in [2.24, 2.45) is 5.92 Å². The fraction of sp³-hybridized carbons (Fsp3) is 0.588. The van der Waals surface area contributed by atoms with E-state index < -0.39 is 0 Å². The summed E-state index contributed by atoms with van der Waals surface area (Å²) in [7, 11) is 3.94. The molecular weight excluding hydrogens is 250 g/mol. The number of nitrogens with zero attached hydrogens (tertiary/aromatic N) is 1. The highest BCUT2D eigenvalue weighted by molar-refractivity contribution is 5.89. The van der Waals surface area contributed by atoms with Crippen molar-refractivity contribution < 1.29 is 9.53 Å². The number of benzene rings is 1. The van der Waals surface area contributed by atoms with Gasteiger partial charge in [0.15, 0.2) is 6.23 Å². The molecule has 0 bridgehead atoms. The first-order chi connectivity index (χ1) is 9.60. The lowest BCUT2D eigenvalue weighted by Crippen LogP contribution is -2.39. The number of esters is 1. The fourth-order valence-electron chi connectivity index (χ4n) is 2.39. The molecule has 1 aromatic rings. The minimum atomic E-state index is -0.237. The Morgan fingerprint density at radius 1 is 1.20 bits per heavy atom. The van der Waals surface area contributed by atoms with Gasteiger partial charge >= 0.3 is 5.97 Å². The van der Waals surface area contributed by atoms with Crippen LogP contribution in [0, 0.1) is 5.92 Å². The van der Waals surface area contributed by atoms with Gasteiger partial charge in [0.1, 0.15) is 0 Å². The third-order valence-electron chi connectivity index (χ3n) is 3.60. The third kappa shape index (κ3) is 4.97. The summed E-state index contributed by atoms with van der Waals surface area (Å²) in [5, 5.41) is 0. The molecular formula is C17H27NO2. The van der Waals surface area contributed by atoms with E-state index in [-0.39, 0.29) is 12.2 Å². The molecule has 3 heteroatoms. The zero-order valence-corrected chi connectivity index (χ0v) is 13.1. The molecule has 0 aromatic heterocycles. The molecule has 0 spiro atoms. The molecule has 0 amide bonds. The summed E-state index contributed by atoms with van der Waals surface area (Å²) in [5.74, 6) is 0.150. The van der Waals surface area contributed by atoms with Gasteiger partial charge in [-0.3, -0.25) is 4.90 Å². The second-order valence-corrected chi connectivity index (χ2v) is 5.44. The van der Waals surface area contributed by atoms with Crippen LogP contribution >= 0.6 is 0 Å². The van der Waals surface area contributed by atoms with Crippen molar-refractivity contribution in [3.8, 4) is 0 Å². The van der Waals surface area contributed by atoms with Crippen LogP contribution in [0.25, 0.3) is 0 Å². The standard InChI is InChI=1S/C17H27NO2/c1-5-7-11-14(6-2)16(18(3)4)20-17(19)15-12-9-8-10-13-15/h8-10,12-14,16H,5-7,11H2,1-4H3. The summed E-state index contributed by atoms with van der Waals surface area (Å²) in [6, 6.07) is 9.20. The molecule has 1 rings (SSSR count). The van der Waals surface area contributed by atoms with Crippen molar-refractivity contribution >= 4 is 5.97 Å². The lowest BCUT2D eigenvalue weighted by Gasteiger charge is -2.31. The average molecular weight is 277 g/mol. The molecule has 0 N–H and O–H groups in total. The highest BCUT2D eigenvalue weighted by Crippen LogP contribution is 2.22. The summed E-state index contributed by atoms with van der Waals surface area (Å²) in [5.41, 5.74) is 0.615. The van der Waals surface area contributed by atoms with E-state index in [1.54, 1.807) is 12.1 Å². The van der Waals surface area contributed by atoms with E-state index in [9.17, 15) is 4.79 Å². The average Bonchev–Trinajstić information content (AvgIpc) is 2.47. The Bertz CT molecular complexity index is 389. The maximum absolute atomic E-state index is 12.2. The van der Waals surface area contributed by atoms with Gasteiger partial charge in [0.2, 0.25) is 0 Å². The van der Waals surface area contributed by atoms with Crippen LogP contribution in [0.5, 0.6) is 0 Å². The van der Waals surface area contributed by atoms with Crippen LogP contribution < -0.4 is 0 Å². The van der Waals surface area contributed by atoms with Crippen molar-refractivity contribution in [3.63, 3.8) is 0 Å². The van der Waals surface area contributed by atoms with Crippen LogP contribution in [0.2, 0.25) is 0 Å². The molecule has 2 atom stereocenters. The third-order valence-corrected chi connectivity index (χ3v) is 3.60. The van der Waals surface area contributed by atoms with Crippen LogP contribution in [0.15, 0.2) is 30.3 Å². The Morgan fingerprint density at radius 2 is 1.85 bits per heavy atom. The number of carbonyl (C=O) groups is 1. The van der Waals surface area contributed by atoms with Gasteiger partial charge < -0.3 is 4.74 Å². The zero-order chi connectivity index (χ0) is 15.0. The van der Waals surface area contributed by atoms with Gasteiger partial charge in [-0.25, -0.2) is 4.79 Å². The second kappa shape index (κ2) is 8.75. The minimum Gasteiger partial charge on any atom is -0.442 e. The summed E-state index contributed by atoms with van der Waals surface area (Å²) in [6.07, 6.45) is 4.30. The van der Waals surface area contributed by atoms with Crippen LogP contribution in [-0.4, -0.2) is 31.2 Å². The maximum Gasteiger partial charge on any atom is 0.339 e. The Labute approximate surface area is 122 Å². The van der Waals surface area contributed by atoms with E-state index in [4.69, 9.17) is 4.74 Å². The molecule has 0 aliphatic heterocycles. The van der Waals surface area contributed by atoms with Gasteiger partial charge in [0.25, 0.3) is 0 Å². The highest BCUT2D eigenvalue weighted by atomic mass is 16.6. The van der Waals surface area contributed by atoms with Crippen LogP contribution in [0.3, 0.4) is 0 Å². The molecule has 20 heavy (non-hydrogen) atoms. The molecule has 3 nitrogen and oxygen atoms in total. The molecule has 0 radical (unpaired) electrons. The topological polar surface area (TPSA) is 29.5 Å². The molecule has 0 saturated carbocycles. The van der Waals surface area contributed by atoms with Crippen molar-refractivity contribution in [1.82, 2.24) is 4.90 Å². The zero-order valence-electron chi connectivity index (χ0n) is 13.1. The van der Waals surface area contributed by atoms with Gasteiger partial charge in [-0.1, -0.05) is 44.9 Å². The largest absolute Gasteiger partial charge is 0.442 e. The summed E-state index contributed by atoms with van der Waals surface area (Å²) >= 11 is 0. The van der Waals surface area contributed by atoms with Crippen LogP contribution in [-0.2, 0) is 4.74 Å². The van der Waals surface area contributed by atoms with Gasteiger partial charge in [-0.15, -0.1) is 0 Å². The van der Waals surface area contributed by atoms with Crippen LogP contribution in [0.4, 0.5) is 0 Å².